The van der Waals surface area contributed by atoms with E-state index in [1.165, 1.54) is 18.2 Å². The predicted octanol–water partition coefficient (Wildman–Crippen LogP) is 3.32. The van der Waals surface area contributed by atoms with Crippen LogP contribution in [-0.4, -0.2) is 18.7 Å². The first-order valence-corrected chi connectivity index (χ1v) is 6.89. The molecule has 0 radical (unpaired) electrons. The Morgan fingerprint density at radius 3 is 2.73 bits per heavy atom. The van der Waals surface area contributed by atoms with Gasteiger partial charge in [0.2, 0.25) is 0 Å². The number of carbonyl (C=O) groups is 1. The summed E-state index contributed by atoms with van der Waals surface area (Å²) in [6, 6.07) is 11.6. The number of ether oxygens (including phenoxy) is 1. The van der Waals surface area contributed by atoms with Gasteiger partial charge in [0.05, 0.1) is 11.2 Å². The van der Waals surface area contributed by atoms with Crippen molar-refractivity contribution in [1.82, 2.24) is 5.43 Å². The van der Waals surface area contributed by atoms with Gasteiger partial charge in [0.15, 0.2) is 6.61 Å². The second kappa shape index (κ2) is 7.56. The fourth-order valence-electron chi connectivity index (χ4n) is 1.62. The lowest BCUT2D eigenvalue weighted by Gasteiger charge is -2.05. The summed E-state index contributed by atoms with van der Waals surface area (Å²) in [5, 5.41) is 3.88. The molecule has 0 bridgehead atoms. The lowest BCUT2D eigenvalue weighted by atomic mass is 10.2. The van der Waals surface area contributed by atoms with Crippen molar-refractivity contribution < 1.29 is 13.9 Å². The van der Waals surface area contributed by atoms with E-state index >= 15 is 0 Å². The topological polar surface area (TPSA) is 50.7 Å². The number of carbonyl (C=O) groups excluding carboxylic acids is 1. The van der Waals surface area contributed by atoms with Crippen molar-refractivity contribution in [2.45, 2.75) is 6.92 Å². The lowest BCUT2D eigenvalue weighted by Crippen LogP contribution is -2.24. The van der Waals surface area contributed by atoms with Gasteiger partial charge in [-0.3, -0.25) is 4.79 Å². The third-order valence-electron chi connectivity index (χ3n) is 2.77. The van der Waals surface area contributed by atoms with Crippen LogP contribution in [0, 0.1) is 12.7 Å². The number of amides is 1. The van der Waals surface area contributed by atoms with Crippen LogP contribution in [0.25, 0.3) is 0 Å². The van der Waals surface area contributed by atoms with Gasteiger partial charge >= 0.3 is 0 Å². The summed E-state index contributed by atoms with van der Waals surface area (Å²) >= 11 is 5.83. The quantitative estimate of drug-likeness (QED) is 0.678. The first-order valence-electron chi connectivity index (χ1n) is 6.51. The minimum Gasteiger partial charge on any atom is -0.484 e. The zero-order valence-corrected chi connectivity index (χ0v) is 12.6. The molecule has 114 valence electrons. The molecule has 22 heavy (non-hydrogen) atoms. The van der Waals surface area contributed by atoms with Crippen molar-refractivity contribution in [2.75, 3.05) is 6.61 Å². The van der Waals surface area contributed by atoms with Crippen molar-refractivity contribution >= 4 is 23.7 Å². The molecule has 0 saturated heterocycles. The van der Waals surface area contributed by atoms with E-state index in [0.29, 0.717) is 5.75 Å². The minimum atomic E-state index is -0.513. The molecule has 0 saturated carbocycles. The van der Waals surface area contributed by atoms with Gasteiger partial charge in [-0.15, -0.1) is 0 Å². The number of hydrogen-bond donors (Lipinski definition) is 1. The highest BCUT2D eigenvalue weighted by Gasteiger charge is 2.04. The highest BCUT2D eigenvalue weighted by atomic mass is 35.5. The van der Waals surface area contributed by atoms with Crippen molar-refractivity contribution in [3.63, 3.8) is 0 Å². The molecule has 1 amide bonds. The number of hydrazone groups is 1. The fraction of sp³-hybridized carbons (Fsp3) is 0.125. The molecule has 2 rings (SSSR count). The van der Waals surface area contributed by atoms with E-state index in [0.717, 1.165) is 11.8 Å². The first-order chi connectivity index (χ1) is 10.6. The summed E-state index contributed by atoms with van der Waals surface area (Å²) in [5.41, 5.74) is 3.46. The molecule has 0 aromatic heterocycles. The Morgan fingerprint density at radius 2 is 2.05 bits per heavy atom. The number of benzene rings is 2. The van der Waals surface area contributed by atoms with Crippen LogP contribution < -0.4 is 10.2 Å². The van der Waals surface area contributed by atoms with E-state index in [1.807, 2.05) is 19.1 Å². The van der Waals surface area contributed by atoms with Crippen molar-refractivity contribution in [1.29, 1.82) is 0 Å². The Morgan fingerprint density at radius 1 is 1.32 bits per heavy atom. The molecule has 0 heterocycles. The summed E-state index contributed by atoms with van der Waals surface area (Å²) in [5.74, 6) is -0.382. The Labute approximate surface area is 132 Å². The molecule has 0 atom stereocenters. The number of nitrogens with one attached hydrogen (secondary N) is 1. The van der Waals surface area contributed by atoms with Crippen LogP contribution in [0.15, 0.2) is 47.6 Å². The maximum atomic E-state index is 13.5. The zero-order chi connectivity index (χ0) is 15.9. The van der Waals surface area contributed by atoms with Crippen LogP contribution in [-0.2, 0) is 4.79 Å². The Hall–Kier alpha value is -2.40. The molecule has 0 unspecified atom stereocenters. The van der Waals surface area contributed by atoms with Crippen LogP contribution in [0.3, 0.4) is 0 Å². The molecular weight excluding hydrogens is 307 g/mol. The maximum Gasteiger partial charge on any atom is 0.277 e. The molecular formula is C16H14ClFN2O2. The zero-order valence-electron chi connectivity index (χ0n) is 11.8. The number of nitrogens with zero attached hydrogens (tertiary/aromatic N) is 1. The molecule has 2 aromatic rings. The summed E-state index contributed by atoms with van der Waals surface area (Å²) in [7, 11) is 0. The second-order valence-electron chi connectivity index (χ2n) is 4.53. The largest absolute Gasteiger partial charge is 0.484 e. The average Bonchev–Trinajstić information content (AvgIpc) is 2.50. The number of halogens is 2. The SMILES string of the molecule is Cc1ccc(OCC(=O)N/N=C/c2c(F)cccc2Cl)cc1. The molecule has 1 N–H and O–H groups in total. The molecule has 0 aliphatic carbocycles. The van der Waals surface area contributed by atoms with Crippen LogP contribution in [0.2, 0.25) is 5.02 Å². The van der Waals surface area contributed by atoms with Gasteiger partial charge in [0.1, 0.15) is 11.6 Å². The van der Waals surface area contributed by atoms with Crippen molar-refractivity contribution in [2.24, 2.45) is 5.10 Å². The van der Waals surface area contributed by atoms with Crippen LogP contribution >= 0.6 is 11.6 Å². The molecule has 4 nitrogen and oxygen atoms in total. The first kappa shape index (κ1) is 16.0. The summed E-state index contributed by atoms with van der Waals surface area (Å²) in [4.78, 5) is 11.6. The normalized spacial score (nSPS) is 10.7. The number of aryl methyl sites for hydroxylation is 1. The van der Waals surface area contributed by atoms with Gasteiger partial charge in [-0.05, 0) is 31.2 Å². The molecule has 6 heteroatoms. The van der Waals surface area contributed by atoms with E-state index in [-0.39, 0.29) is 17.2 Å². The molecule has 0 aliphatic heterocycles. The van der Waals surface area contributed by atoms with Gasteiger partial charge in [0.25, 0.3) is 5.91 Å². The Balaban J connectivity index is 1.85. The maximum absolute atomic E-state index is 13.5. The Bertz CT molecular complexity index is 667. The predicted molar refractivity (Wildman–Crippen MR) is 83.8 cm³/mol. The van der Waals surface area contributed by atoms with Gasteiger partial charge < -0.3 is 4.74 Å². The third-order valence-corrected chi connectivity index (χ3v) is 3.10. The minimum absolute atomic E-state index is 0.115. The van der Waals surface area contributed by atoms with Crippen molar-refractivity contribution in [3.05, 3.63) is 64.4 Å². The fourth-order valence-corrected chi connectivity index (χ4v) is 1.83. The van der Waals surface area contributed by atoms with Gasteiger partial charge in [0, 0.05) is 5.56 Å². The summed E-state index contributed by atoms with van der Waals surface area (Å²) in [6.45, 7) is 1.77. The van der Waals surface area contributed by atoms with E-state index in [4.69, 9.17) is 16.3 Å². The van der Waals surface area contributed by atoms with E-state index in [2.05, 4.69) is 10.5 Å². The average molecular weight is 321 g/mol. The molecule has 0 spiro atoms. The van der Waals surface area contributed by atoms with Crippen LogP contribution in [0.4, 0.5) is 4.39 Å². The van der Waals surface area contributed by atoms with E-state index in [9.17, 15) is 9.18 Å². The second-order valence-corrected chi connectivity index (χ2v) is 4.94. The van der Waals surface area contributed by atoms with E-state index < -0.39 is 11.7 Å². The standard InChI is InChI=1S/C16H14ClFN2O2/c1-11-5-7-12(8-6-11)22-10-16(21)20-19-9-13-14(17)3-2-4-15(13)18/h2-9H,10H2,1H3,(H,20,21)/b19-9+. The molecule has 0 fully saturated rings. The van der Waals surface area contributed by atoms with Crippen molar-refractivity contribution in [3.8, 4) is 5.75 Å². The highest BCUT2D eigenvalue weighted by Crippen LogP contribution is 2.16. The third kappa shape index (κ3) is 4.56. The monoisotopic (exact) mass is 320 g/mol. The molecule has 2 aromatic carbocycles. The summed E-state index contributed by atoms with van der Waals surface area (Å²) < 4.78 is 18.8. The number of rotatable bonds is 5. The van der Waals surface area contributed by atoms with Gasteiger partial charge in [-0.25, -0.2) is 9.82 Å². The van der Waals surface area contributed by atoms with Crippen LogP contribution in [0.5, 0.6) is 5.75 Å². The van der Waals surface area contributed by atoms with Gasteiger partial charge in [-0.1, -0.05) is 35.4 Å². The summed E-state index contributed by atoms with van der Waals surface area (Å²) in [6.07, 6.45) is 1.15. The smallest absolute Gasteiger partial charge is 0.277 e. The van der Waals surface area contributed by atoms with Gasteiger partial charge in [-0.2, -0.15) is 5.10 Å². The number of hydrogen-bond acceptors (Lipinski definition) is 3. The Kier molecular flexibility index (Phi) is 5.49. The van der Waals surface area contributed by atoms with Crippen LogP contribution in [0.1, 0.15) is 11.1 Å². The van der Waals surface area contributed by atoms with E-state index in [1.54, 1.807) is 12.1 Å². The lowest BCUT2D eigenvalue weighted by molar-refractivity contribution is -0.123. The molecule has 0 aliphatic rings. The highest BCUT2D eigenvalue weighted by molar-refractivity contribution is 6.33.